The third kappa shape index (κ3) is 15.2. The molecular formula is C65H67N19O12S5. The molecule has 31 nitrogen and oxygen atoms in total. The molecular weight excluding hydrogens is 1400 g/mol. The maximum atomic E-state index is 13.8. The van der Waals surface area contributed by atoms with Gasteiger partial charge in [-0.15, -0.1) is 20.5 Å². The van der Waals surface area contributed by atoms with Gasteiger partial charge in [0.15, 0.2) is 5.16 Å². The minimum absolute atomic E-state index is 0.0862. The van der Waals surface area contributed by atoms with E-state index in [2.05, 4.69) is 35.5 Å². The average molecular weight is 1470 g/mol. The van der Waals surface area contributed by atoms with E-state index in [-0.39, 0.29) is 67.3 Å². The van der Waals surface area contributed by atoms with Gasteiger partial charge >= 0.3 is 11.8 Å². The first-order chi connectivity index (χ1) is 48.5. The van der Waals surface area contributed by atoms with Crippen molar-refractivity contribution < 1.29 is 54.6 Å². The minimum atomic E-state index is -4.74. The number of aromatic nitrogens is 5. The molecule has 0 aliphatic carbocycles. The summed E-state index contributed by atoms with van der Waals surface area (Å²) < 4.78 is 79.4. The van der Waals surface area contributed by atoms with Crippen molar-refractivity contribution in [2.24, 2.45) is 20.5 Å². The van der Waals surface area contributed by atoms with Crippen molar-refractivity contribution in [1.82, 2.24) is 34.7 Å². The summed E-state index contributed by atoms with van der Waals surface area (Å²) in [5.74, 6) is -1.47. The van der Waals surface area contributed by atoms with E-state index in [1.165, 1.54) is 31.0 Å². The van der Waals surface area contributed by atoms with E-state index in [1.807, 2.05) is 62.6 Å². The van der Waals surface area contributed by atoms with Crippen LogP contribution in [0.25, 0.3) is 17.0 Å². The zero-order chi connectivity index (χ0) is 72.0. The Labute approximate surface area is 593 Å². The number of methoxy groups -OCH3 is 2. The van der Waals surface area contributed by atoms with Gasteiger partial charge in [0.25, 0.3) is 32.1 Å². The number of nitriles is 1. The van der Waals surface area contributed by atoms with Gasteiger partial charge in [-0.25, -0.2) is 14.5 Å². The zero-order valence-corrected chi connectivity index (χ0v) is 59.7. The average Bonchev–Trinajstić information content (AvgIpc) is 1.61. The molecule has 2 saturated heterocycles. The van der Waals surface area contributed by atoms with Crippen molar-refractivity contribution in [2.75, 3.05) is 103 Å². The number of hydrogen-bond acceptors (Lipinski definition) is 29. The van der Waals surface area contributed by atoms with E-state index in [0.717, 1.165) is 97.6 Å². The van der Waals surface area contributed by atoms with E-state index in [4.69, 9.17) is 51.2 Å². The Morgan fingerprint density at radius 1 is 0.614 bits per heavy atom. The number of piperidine rings is 2. The van der Waals surface area contributed by atoms with Crippen molar-refractivity contribution in [3.05, 3.63) is 116 Å². The van der Waals surface area contributed by atoms with Gasteiger partial charge in [-0.1, -0.05) is 47.9 Å². The third-order valence-corrected chi connectivity index (χ3v) is 20.9. The van der Waals surface area contributed by atoms with Gasteiger partial charge < -0.3 is 44.6 Å². The fourth-order valence-corrected chi connectivity index (χ4v) is 15.1. The number of fused-ring (bicyclic) bond motifs is 2. The van der Waals surface area contributed by atoms with Crippen LogP contribution in [0.3, 0.4) is 0 Å². The van der Waals surface area contributed by atoms with E-state index < -0.39 is 53.7 Å². The Morgan fingerprint density at radius 2 is 1.04 bits per heavy atom. The highest BCUT2D eigenvalue weighted by atomic mass is 32.2. The van der Waals surface area contributed by atoms with Crippen molar-refractivity contribution in [2.45, 2.75) is 88.1 Å². The number of allylic oxidation sites excluding steroid dienone is 1. The first-order valence-electron chi connectivity index (χ1n) is 32.0. The lowest BCUT2D eigenvalue weighted by atomic mass is 10.1. The van der Waals surface area contributed by atoms with Crippen LogP contribution in [-0.2, 0) is 20.2 Å². The third-order valence-electron chi connectivity index (χ3n) is 16.8. The topological polar surface area (TPSA) is 381 Å². The van der Waals surface area contributed by atoms with Crippen molar-refractivity contribution >= 4 is 158 Å². The summed E-state index contributed by atoms with van der Waals surface area (Å²) in [7, 11) is -6.39. The van der Waals surface area contributed by atoms with Gasteiger partial charge in [0, 0.05) is 64.5 Å². The molecule has 0 saturated carbocycles. The number of nitrogens with zero attached hydrogens (tertiary/aromatic N) is 17. The number of thioether (sulfide) groups is 1. The number of thiazole rings is 2. The molecule has 4 N–H and O–H groups in total. The number of hydrogen-bond donors (Lipinski definition) is 4. The number of carbonyl (C=O) groups is 4. The molecule has 2 fully saturated rings. The Balaban J connectivity index is 0.957. The Kier molecular flexibility index (Phi) is 21.8. The molecule has 0 unspecified atom stereocenters. The SMILES string of the molecule is [C-]#[N+]/C(=C\c1sc(/N=N/c2cc(OC)c(N(CC)CC)cc2Nc2nc(Nc3cc(N(CC)CC)c(OC)cc3/N=N/c3nc(N4CCCCC4)c(/C=C(\C#N)N4C(=O)c5ccc(S(=O)(=O)O)cc5C4=O)s3)nc(SCC)n2)nc1N1CCCCC1)N1C(=O)c2ccc(S(=O)(=O)O)cc2C1=O. The maximum Gasteiger partial charge on any atom is 0.334 e. The number of nitrogens with one attached hydrogen (secondary N) is 2. The lowest BCUT2D eigenvalue weighted by Gasteiger charge is -2.27. The Hall–Kier alpha value is -10.3. The quantitative estimate of drug-likeness (QED) is 0.00977. The van der Waals surface area contributed by atoms with Gasteiger partial charge in [0.2, 0.25) is 28.0 Å². The molecule has 4 amide bonds. The number of amides is 4. The predicted molar refractivity (Wildman–Crippen MR) is 382 cm³/mol. The molecule has 4 aromatic carbocycles. The first kappa shape index (κ1) is 71.9. The second-order valence-electron chi connectivity index (χ2n) is 22.8. The summed E-state index contributed by atoms with van der Waals surface area (Å²) >= 11 is 3.45. The molecule has 4 aliphatic rings. The summed E-state index contributed by atoms with van der Waals surface area (Å²) in [6, 6.07) is 15.1. The lowest BCUT2D eigenvalue weighted by Crippen LogP contribution is -2.30. The van der Waals surface area contributed by atoms with Crippen LogP contribution in [0.4, 0.5) is 67.9 Å². The molecule has 0 atom stereocenters. The van der Waals surface area contributed by atoms with Crippen molar-refractivity contribution in [3.63, 3.8) is 0 Å². The van der Waals surface area contributed by atoms with E-state index >= 15 is 0 Å². The van der Waals surface area contributed by atoms with Crippen LogP contribution in [0.1, 0.15) is 124 Å². The van der Waals surface area contributed by atoms with Gasteiger partial charge in [0.1, 0.15) is 46.3 Å². The maximum absolute atomic E-state index is 13.8. The largest absolute Gasteiger partial charge is 0.494 e. The van der Waals surface area contributed by atoms with Crippen LogP contribution in [-0.4, -0.2) is 157 Å². The number of rotatable bonds is 26. The van der Waals surface area contributed by atoms with Crippen LogP contribution in [0.15, 0.2) is 108 Å². The van der Waals surface area contributed by atoms with Crippen LogP contribution in [0.5, 0.6) is 11.5 Å². The van der Waals surface area contributed by atoms with Crippen LogP contribution in [0, 0.1) is 17.9 Å². The van der Waals surface area contributed by atoms with Gasteiger partial charge in [-0.2, -0.15) is 51.9 Å². The number of carbonyl (C=O) groups excluding carboxylic acids is 4. The fourth-order valence-electron chi connectivity index (χ4n) is 11.8. The monoisotopic (exact) mass is 1470 g/mol. The van der Waals surface area contributed by atoms with Crippen molar-refractivity contribution in [1.29, 1.82) is 5.26 Å². The molecule has 524 valence electrons. The molecule has 0 spiro atoms. The van der Waals surface area contributed by atoms with Gasteiger partial charge in [-0.05, 0) is 133 Å². The normalized spacial score (nSPS) is 15.2. The first-order valence-corrected chi connectivity index (χ1v) is 37.5. The summed E-state index contributed by atoms with van der Waals surface area (Å²) in [6.45, 7) is 23.0. The van der Waals surface area contributed by atoms with Crippen LogP contribution >= 0.6 is 34.4 Å². The number of azo groups is 2. The highest BCUT2D eigenvalue weighted by Crippen LogP contribution is 2.46. The standard InChI is InChI=1S/C65H67N19O12S5/c1-9-79(10-2)48-31-44(46(33-50(48)95-7)75-77-64-70-55(81-24-16-14-17-25-81)52(98-64)28-37(36-66)83-57(85)40-22-20-38(100(89,90)91)29-42(40)59(83)87)68-61-72-62(74-63(73-61)97-13-5)69-45-32-49(80(11-3)12-4)51(96-8)34-47(45)76-78-65-71-56(82-26-18-15-19-27-82)53(99-65)35-54(67-6)84-58(86)41-23-21-39(101(92,93)94)30-43(41)60(84)88/h20-23,28-35H,9-19,24-27H2,1-5,7-8H3,(H,89,90,91)(H,92,93,94)(H2,68,69,72,73,74)/b37-28+,54-35+,77-75+,78-76+. The number of benzene rings is 4. The predicted octanol–water partition coefficient (Wildman–Crippen LogP) is 13.1. The van der Waals surface area contributed by atoms with Gasteiger partial charge in [-0.3, -0.25) is 18.7 Å². The second-order valence-corrected chi connectivity index (χ2v) is 28.8. The van der Waals surface area contributed by atoms with Crippen LogP contribution < -0.4 is 39.7 Å². The molecule has 101 heavy (non-hydrogen) atoms. The molecule has 7 heterocycles. The molecule has 36 heteroatoms. The number of ether oxygens (including phenoxy) is 2. The van der Waals surface area contributed by atoms with Gasteiger partial charge in [0.05, 0.1) is 78.8 Å². The second kappa shape index (κ2) is 30.6. The van der Waals surface area contributed by atoms with Crippen molar-refractivity contribution in [3.8, 4) is 17.6 Å². The molecule has 4 aliphatic heterocycles. The molecule has 11 rings (SSSR count). The highest BCUT2D eigenvalue weighted by Gasteiger charge is 2.44. The summed E-state index contributed by atoms with van der Waals surface area (Å²) in [4.78, 5) is 92.3. The zero-order valence-electron chi connectivity index (χ0n) is 55.7. The number of anilines is 8. The Morgan fingerprint density at radius 3 is 1.45 bits per heavy atom. The Bertz CT molecular complexity index is 4610. The van der Waals surface area contributed by atoms with E-state index in [9.17, 15) is 50.4 Å². The molecule has 0 bridgehead atoms. The molecule has 0 radical (unpaired) electrons. The lowest BCUT2D eigenvalue weighted by molar-refractivity contribution is 0.0695. The fraction of sp³-hybridized carbons (Fsp3) is 0.338. The van der Waals surface area contributed by atoms with E-state index in [1.54, 1.807) is 19.2 Å². The summed E-state index contributed by atoms with van der Waals surface area (Å²) in [5, 5.41) is 36.8. The molecule has 3 aromatic heterocycles. The number of imide groups is 2. The summed E-state index contributed by atoms with van der Waals surface area (Å²) in [6.07, 6.45) is 8.06. The highest BCUT2D eigenvalue weighted by molar-refractivity contribution is 7.99. The molecule has 7 aromatic rings. The van der Waals surface area contributed by atoms with Crippen LogP contribution in [0.2, 0.25) is 0 Å². The summed E-state index contributed by atoms with van der Waals surface area (Å²) in [5.41, 5.74) is 1.44. The minimum Gasteiger partial charge on any atom is -0.494 e. The van der Waals surface area contributed by atoms with E-state index in [0.29, 0.717) is 129 Å². The smallest absolute Gasteiger partial charge is 0.334 e.